The number of benzene rings is 1. The molecule has 6 heteroatoms. The van der Waals surface area contributed by atoms with Crippen molar-refractivity contribution in [2.75, 3.05) is 0 Å². The number of phenolic OH excluding ortho intramolecular Hbond substituents is 1. The van der Waals surface area contributed by atoms with Gasteiger partial charge in [0.2, 0.25) is 0 Å². The lowest BCUT2D eigenvalue weighted by atomic mass is 10.1. The predicted molar refractivity (Wildman–Crippen MR) is 76.0 cm³/mol. The molecule has 114 valence electrons. The van der Waals surface area contributed by atoms with Crippen LogP contribution < -0.4 is 0 Å². The van der Waals surface area contributed by atoms with Gasteiger partial charge in [0.15, 0.2) is 0 Å². The summed E-state index contributed by atoms with van der Waals surface area (Å²) >= 11 is 0. The fraction of sp³-hybridized carbons (Fsp3) is 0.333. The molecular formula is C15H19NO5. The number of carbonyl (C=O) groups is 2. The Labute approximate surface area is 123 Å². The van der Waals surface area contributed by atoms with E-state index in [1.807, 2.05) is 0 Å². The molecule has 0 spiro atoms. The summed E-state index contributed by atoms with van der Waals surface area (Å²) in [6.45, 7) is 3.09. The average molecular weight is 293 g/mol. The standard InChI is InChI=1S/C15H19NO5/c1-3-14(19)16(11(2)10-17)21-15(20)9-6-12-4-7-13(18)8-5-12/h4-5,7-8,10,17-18H,3,6,9H2,1-2H3/b11-10+. The van der Waals surface area contributed by atoms with E-state index in [2.05, 4.69) is 0 Å². The number of nitrogens with zero attached hydrogens (tertiary/aromatic N) is 1. The van der Waals surface area contributed by atoms with Gasteiger partial charge in [-0.05, 0) is 31.0 Å². The van der Waals surface area contributed by atoms with Crippen molar-refractivity contribution in [2.45, 2.75) is 33.1 Å². The molecule has 0 saturated heterocycles. The van der Waals surface area contributed by atoms with E-state index in [0.29, 0.717) is 12.7 Å². The fourth-order valence-corrected chi connectivity index (χ4v) is 1.57. The Bertz CT molecular complexity index is 521. The number of carbonyl (C=O) groups excluding carboxylic acids is 2. The maximum Gasteiger partial charge on any atom is 0.333 e. The third kappa shape index (κ3) is 5.18. The normalized spacial score (nSPS) is 11.0. The summed E-state index contributed by atoms with van der Waals surface area (Å²) in [5.41, 5.74) is 1.01. The number of phenols is 1. The summed E-state index contributed by atoms with van der Waals surface area (Å²) < 4.78 is 0. The smallest absolute Gasteiger partial charge is 0.333 e. The van der Waals surface area contributed by atoms with E-state index in [9.17, 15) is 9.59 Å². The van der Waals surface area contributed by atoms with Crippen LogP contribution in [0.25, 0.3) is 0 Å². The second-order valence-corrected chi connectivity index (χ2v) is 4.44. The van der Waals surface area contributed by atoms with Gasteiger partial charge in [-0.2, -0.15) is 0 Å². The van der Waals surface area contributed by atoms with Gasteiger partial charge in [0.1, 0.15) is 12.0 Å². The minimum Gasteiger partial charge on any atom is -0.514 e. The lowest BCUT2D eigenvalue weighted by Gasteiger charge is -2.20. The van der Waals surface area contributed by atoms with Crippen LogP contribution in [0, 0.1) is 0 Å². The Kier molecular flexibility index (Phi) is 6.26. The van der Waals surface area contributed by atoms with Crippen LogP contribution in [0.15, 0.2) is 36.2 Å². The third-order valence-corrected chi connectivity index (χ3v) is 2.78. The SMILES string of the molecule is CCC(=O)N(OC(=O)CCc1ccc(O)cc1)/C(C)=C/O. The molecule has 1 aromatic carbocycles. The molecule has 21 heavy (non-hydrogen) atoms. The van der Waals surface area contributed by atoms with Gasteiger partial charge in [-0.3, -0.25) is 4.79 Å². The molecule has 6 nitrogen and oxygen atoms in total. The molecule has 0 radical (unpaired) electrons. The van der Waals surface area contributed by atoms with Gasteiger partial charge in [0.25, 0.3) is 5.91 Å². The molecule has 1 aromatic rings. The highest BCUT2D eigenvalue weighted by atomic mass is 16.7. The zero-order chi connectivity index (χ0) is 15.8. The van der Waals surface area contributed by atoms with Crippen LogP contribution in [-0.2, 0) is 20.8 Å². The van der Waals surface area contributed by atoms with Crippen LogP contribution in [0.5, 0.6) is 5.75 Å². The average Bonchev–Trinajstić information content (AvgIpc) is 2.50. The van der Waals surface area contributed by atoms with Crippen LogP contribution in [-0.4, -0.2) is 27.2 Å². The van der Waals surface area contributed by atoms with Gasteiger partial charge in [0.05, 0.1) is 12.1 Å². The zero-order valence-electron chi connectivity index (χ0n) is 12.1. The molecule has 0 aliphatic rings. The molecule has 0 aliphatic carbocycles. The van der Waals surface area contributed by atoms with E-state index >= 15 is 0 Å². The maximum absolute atomic E-state index is 11.8. The van der Waals surface area contributed by atoms with Gasteiger partial charge in [-0.1, -0.05) is 19.1 Å². The summed E-state index contributed by atoms with van der Waals surface area (Å²) in [4.78, 5) is 28.4. The van der Waals surface area contributed by atoms with Gasteiger partial charge >= 0.3 is 5.97 Å². The van der Waals surface area contributed by atoms with E-state index in [-0.39, 0.29) is 24.3 Å². The number of aliphatic hydroxyl groups excluding tert-OH is 1. The molecule has 1 rings (SSSR count). The molecule has 0 fully saturated rings. The molecule has 0 atom stereocenters. The topological polar surface area (TPSA) is 87.1 Å². The van der Waals surface area contributed by atoms with Crippen molar-refractivity contribution < 1.29 is 24.6 Å². The van der Waals surface area contributed by atoms with E-state index in [1.54, 1.807) is 19.1 Å². The summed E-state index contributed by atoms with van der Waals surface area (Å²) in [6.07, 6.45) is 1.36. The number of hydrogen-bond acceptors (Lipinski definition) is 5. The molecule has 0 unspecified atom stereocenters. The highest BCUT2D eigenvalue weighted by Gasteiger charge is 2.19. The minimum absolute atomic E-state index is 0.0803. The van der Waals surface area contributed by atoms with E-state index in [1.165, 1.54) is 19.1 Å². The molecule has 1 amide bonds. The molecule has 0 heterocycles. The Hall–Kier alpha value is -2.50. The van der Waals surface area contributed by atoms with Crippen LogP contribution in [0.4, 0.5) is 0 Å². The number of aliphatic hydroxyl groups is 1. The third-order valence-electron chi connectivity index (χ3n) is 2.78. The molecule has 0 aliphatic heterocycles. The molecule has 0 bridgehead atoms. The molecule has 2 N–H and O–H groups in total. The summed E-state index contributed by atoms with van der Waals surface area (Å²) in [5.74, 6) is -0.841. The Morgan fingerprint density at radius 3 is 2.43 bits per heavy atom. The number of hydroxylamine groups is 2. The van der Waals surface area contributed by atoms with Crippen molar-refractivity contribution in [3.63, 3.8) is 0 Å². The van der Waals surface area contributed by atoms with Crippen molar-refractivity contribution in [2.24, 2.45) is 0 Å². The van der Waals surface area contributed by atoms with E-state index in [0.717, 1.165) is 10.6 Å². The van der Waals surface area contributed by atoms with Crippen LogP contribution in [0.1, 0.15) is 32.3 Å². The number of hydrogen-bond donors (Lipinski definition) is 2. The zero-order valence-corrected chi connectivity index (χ0v) is 12.1. The second kappa shape index (κ2) is 7.94. The number of amides is 1. The van der Waals surface area contributed by atoms with Crippen molar-refractivity contribution in [3.8, 4) is 5.75 Å². The summed E-state index contributed by atoms with van der Waals surface area (Å²) in [7, 11) is 0. The van der Waals surface area contributed by atoms with Crippen molar-refractivity contribution in [3.05, 3.63) is 41.8 Å². The van der Waals surface area contributed by atoms with Gasteiger partial charge < -0.3 is 15.1 Å². The fourth-order valence-electron chi connectivity index (χ4n) is 1.57. The highest BCUT2D eigenvalue weighted by molar-refractivity contribution is 5.79. The number of allylic oxidation sites excluding steroid dienone is 1. The largest absolute Gasteiger partial charge is 0.514 e. The highest BCUT2D eigenvalue weighted by Crippen LogP contribution is 2.13. The molecule has 0 aromatic heterocycles. The van der Waals surface area contributed by atoms with E-state index < -0.39 is 11.9 Å². The lowest BCUT2D eigenvalue weighted by molar-refractivity contribution is -0.190. The van der Waals surface area contributed by atoms with Crippen LogP contribution in [0.3, 0.4) is 0 Å². The van der Waals surface area contributed by atoms with E-state index in [4.69, 9.17) is 15.1 Å². The van der Waals surface area contributed by atoms with Gasteiger partial charge in [-0.15, -0.1) is 5.06 Å². The number of rotatable bonds is 5. The second-order valence-electron chi connectivity index (χ2n) is 4.44. The molecule has 0 saturated carbocycles. The lowest BCUT2D eigenvalue weighted by Crippen LogP contribution is -2.31. The van der Waals surface area contributed by atoms with Crippen molar-refractivity contribution in [1.82, 2.24) is 5.06 Å². The molecular weight excluding hydrogens is 274 g/mol. The summed E-state index contributed by atoms with van der Waals surface area (Å²) in [5, 5.41) is 18.9. The van der Waals surface area contributed by atoms with Crippen LogP contribution in [0.2, 0.25) is 0 Å². The first-order valence-corrected chi connectivity index (χ1v) is 6.60. The van der Waals surface area contributed by atoms with Crippen LogP contribution >= 0.6 is 0 Å². The first-order valence-electron chi connectivity index (χ1n) is 6.60. The predicted octanol–water partition coefficient (Wildman–Crippen LogP) is 2.44. The van der Waals surface area contributed by atoms with Crippen molar-refractivity contribution >= 4 is 11.9 Å². The Balaban J connectivity index is 2.58. The number of aryl methyl sites for hydroxylation is 1. The van der Waals surface area contributed by atoms with Gasteiger partial charge in [-0.25, -0.2) is 4.79 Å². The van der Waals surface area contributed by atoms with Crippen molar-refractivity contribution in [1.29, 1.82) is 0 Å². The Morgan fingerprint density at radius 2 is 1.90 bits per heavy atom. The summed E-state index contributed by atoms with van der Waals surface area (Å²) in [6, 6.07) is 6.48. The minimum atomic E-state index is -0.578. The first kappa shape index (κ1) is 16.6. The van der Waals surface area contributed by atoms with Gasteiger partial charge in [0, 0.05) is 6.42 Å². The Morgan fingerprint density at radius 1 is 1.29 bits per heavy atom. The monoisotopic (exact) mass is 293 g/mol. The number of aromatic hydroxyl groups is 1. The first-order chi connectivity index (χ1) is 9.97. The quantitative estimate of drug-likeness (QED) is 0.643. The maximum atomic E-state index is 11.8.